The number of amides is 1. The van der Waals surface area contributed by atoms with Crippen LogP contribution in [0.25, 0.3) is 0 Å². The maximum Gasteiger partial charge on any atom is 0.508 e. The third-order valence-corrected chi connectivity index (χ3v) is 5.19. The molecular weight excluding hydrogens is 400 g/mol. The largest absolute Gasteiger partial charge is 0.508 e. The highest BCUT2D eigenvalue weighted by Crippen LogP contribution is 2.38. The molecule has 0 bridgehead atoms. The number of aromatic nitrogens is 2. The van der Waals surface area contributed by atoms with Crippen LogP contribution < -0.4 is 21.5 Å². The van der Waals surface area contributed by atoms with Crippen LogP contribution in [0.1, 0.15) is 28.4 Å². The summed E-state index contributed by atoms with van der Waals surface area (Å²) in [6.07, 6.45) is 0.565. The Bertz CT molecular complexity index is 1140. The van der Waals surface area contributed by atoms with Crippen molar-refractivity contribution in [1.82, 2.24) is 9.97 Å². The molecule has 0 radical (unpaired) electrons. The highest BCUT2D eigenvalue weighted by Gasteiger charge is 2.32. The first kappa shape index (κ1) is 20.8. The van der Waals surface area contributed by atoms with Crippen molar-refractivity contribution < 1.29 is 19.2 Å². The smallest absolute Gasteiger partial charge is 0.422 e. The Kier molecular flexibility index (Phi) is 5.58. The molecular formula is C21H21BFN5O3. The van der Waals surface area contributed by atoms with Gasteiger partial charge in [0.05, 0.1) is 5.59 Å². The predicted octanol–water partition coefficient (Wildman–Crippen LogP) is 1.09. The average molecular weight is 421 g/mol. The zero-order valence-corrected chi connectivity index (χ0v) is 16.8. The maximum absolute atomic E-state index is 13.4. The molecule has 4 rings (SSSR count). The normalized spacial score (nSPS) is 15.0. The van der Waals surface area contributed by atoms with Gasteiger partial charge in [-0.1, -0.05) is 18.2 Å². The van der Waals surface area contributed by atoms with Gasteiger partial charge in [0.15, 0.2) is 0 Å². The van der Waals surface area contributed by atoms with Crippen LogP contribution in [0.4, 0.5) is 21.8 Å². The quantitative estimate of drug-likeness (QED) is 0.439. The second kappa shape index (κ2) is 8.33. The highest BCUT2D eigenvalue weighted by molar-refractivity contribution is 6.57. The molecule has 0 saturated heterocycles. The van der Waals surface area contributed by atoms with Crippen molar-refractivity contribution in [2.45, 2.75) is 25.9 Å². The first-order valence-electron chi connectivity index (χ1n) is 9.78. The first-order valence-corrected chi connectivity index (χ1v) is 9.78. The molecule has 1 aliphatic rings. The summed E-state index contributed by atoms with van der Waals surface area (Å²) in [5.41, 5.74) is 8.22. The number of nitrogens with one attached hydrogen (secondary N) is 1. The van der Waals surface area contributed by atoms with E-state index in [0.717, 1.165) is 11.3 Å². The highest BCUT2D eigenvalue weighted by atomic mass is 19.1. The van der Waals surface area contributed by atoms with Crippen molar-refractivity contribution in [3.63, 3.8) is 0 Å². The lowest BCUT2D eigenvalue weighted by molar-refractivity contribution is 0.0999. The summed E-state index contributed by atoms with van der Waals surface area (Å²) in [7, 11) is -1.80. The molecule has 0 spiro atoms. The number of nitrogens with zero attached hydrogens (tertiary/aromatic N) is 3. The van der Waals surface area contributed by atoms with E-state index in [1.165, 1.54) is 18.2 Å². The minimum atomic E-state index is -1.80. The van der Waals surface area contributed by atoms with Gasteiger partial charge in [-0.05, 0) is 54.8 Å². The van der Waals surface area contributed by atoms with E-state index < -0.39 is 13.0 Å². The van der Waals surface area contributed by atoms with Crippen molar-refractivity contribution in [3.05, 3.63) is 71.0 Å². The number of halogens is 1. The molecule has 2 heterocycles. The van der Waals surface area contributed by atoms with E-state index in [4.69, 9.17) is 5.73 Å². The fourth-order valence-corrected chi connectivity index (χ4v) is 3.80. The summed E-state index contributed by atoms with van der Waals surface area (Å²) in [6, 6.07) is 12.7. The van der Waals surface area contributed by atoms with Crippen LogP contribution in [0.5, 0.6) is 0 Å². The minimum Gasteiger partial charge on any atom is -0.422 e. The fraction of sp³-hybridized carbons (Fsp3) is 0.190. The van der Waals surface area contributed by atoms with E-state index in [2.05, 4.69) is 15.3 Å². The summed E-state index contributed by atoms with van der Waals surface area (Å²) in [5, 5.41) is 22.5. The Morgan fingerprint density at radius 2 is 2.03 bits per heavy atom. The first-order chi connectivity index (χ1) is 14.8. The zero-order chi connectivity index (χ0) is 22.1. The number of primary amides is 1. The van der Waals surface area contributed by atoms with Gasteiger partial charge in [0.1, 0.15) is 11.6 Å². The Hall–Kier alpha value is -3.50. The van der Waals surface area contributed by atoms with Crippen LogP contribution in [0, 0.1) is 5.82 Å². The monoisotopic (exact) mass is 421 g/mol. The van der Waals surface area contributed by atoms with Gasteiger partial charge in [-0.15, -0.1) is 0 Å². The molecule has 0 saturated carbocycles. The molecule has 1 amide bonds. The topological polar surface area (TPSA) is 125 Å². The molecule has 2 aromatic carbocycles. The second-order valence-electron chi connectivity index (χ2n) is 7.43. The lowest BCUT2D eigenvalue weighted by Gasteiger charge is -2.24. The number of carbonyl (C=O) groups excluding carboxylic acids is 1. The van der Waals surface area contributed by atoms with Crippen LogP contribution in [0.3, 0.4) is 0 Å². The fourth-order valence-electron chi connectivity index (χ4n) is 3.80. The molecule has 1 aromatic heterocycles. The molecule has 8 nitrogen and oxygen atoms in total. The summed E-state index contributed by atoms with van der Waals surface area (Å²) in [5.74, 6) is -0.255. The third kappa shape index (κ3) is 4.21. The van der Waals surface area contributed by atoms with Crippen molar-refractivity contribution in [2.24, 2.45) is 5.73 Å². The lowest BCUT2D eigenvalue weighted by atomic mass is 9.86. The molecule has 1 unspecified atom stereocenters. The van der Waals surface area contributed by atoms with Gasteiger partial charge in [-0.25, -0.2) is 9.37 Å². The lowest BCUT2D eigenvalue weighted by Crippen LogP contribution is -2.36. The van der Waals surface area contributed by atoms with Gasteiger partial charge in [0, 0.05) is 23.8 Å². The number of hydrogen-bond donors (Lipinski definition) is 4. The van der Waals surface area contributed by atoms with Crippen LogP contribution in [-0.2, 0) is 13.0 Å². The van der Waals surface area contributed by atoms with Crippen LogP contribution in [0.2, 0.25) is 0 Å². The van der Waals surface area contributed by atoms with E-state index in [0.29, 0.717) is 23.4 Å². The Balaban J connectivity index is 1.70. The van der Waals surface area contributed by atoms with E-state index >= 15 is 0 Å². The Morgan fingerprint density at radius 1 is 1.26 bits per heavy atom. The SMILES string of the molecule is CC1Cc2c(C(N)=O)cccc2N1c1nc(NCc2cccc(F)c2)cc(B(O)O)n1. The molecule has 0 fully saturated rings. The number of nitrogens with two attached hydrogens (primary N) is 1. The molecule has 5 N–H and O–H groups in total. The van der Waals surface area contributed by atoms with Gasteiger partial charge in [-0.3, -0.25) is 4.79 Å². The molecule has 31 heavy (non-hydrogen) atoms. The number of fused-ring (bicyclic) bond motifs is 1. The number of benzene rings is 2. The van der Waals surface area contributed by atoms with E-state index in [9.17, 15) is 19.2 Å². The zero-order valence-electron chi connectivity index (χ0n) is 16.8. The summed E-state index contributed by atoms with van der Waals surface area (Å²) >= 11 is 0. The molecule has 0 aliphatic carbocycles. The summed E-state index contributed by atoms with van der Waals surface area (Å²) in [6.45, 7) is 2.24. The number of anilines is 3. The van der Waals surface area contributed by atoms with Crippen LogP contribution in [-0.4, -0.2) is 39.1 Å². The standard InChI is InChI=1S/C21H21BFN5O3/c1-12-8-16-15(20(24)29)6-3-7-17(16)28(12)21-26-18(22(30)31)10-19(27-21)25-11-13-4-2-5-14(23)9-13/h2-7,9-10,12,30-31H,8,11H2,1H3,(H2,24,29)(H,25,26,27). The van der Waals surface area contributed by atoms with Crippen LogP contribution in [0.15, 0.2) is 48.5 Å². The van der Waals surface area contributed by atoms with E-state index in [1.807, 2.05) is 17.9 Å². The molecule has 158 valence electrons. The predicted molar refractivity (Wildman–Crippen MR) is 116 cm³/mol. The average Bonchev–Trinajstić information content (AvgIpc) is 3.07. The number of hydrogen-bond acceptors (Lipinski definition) is 7. The molecule has 1 aliphatic heterocycles. The van der Waals surface area contributed by atoms with Gasteiger partial charge in [-0.2, -0.15) is 4.98 Å². The van der Waals surface area contributed by atoms with Crippen molar-refractivity contribution in [3.8, 4) is 0 Å². The third-order valence-electron chi connectivity index (χ3n) is 5.19. The Labute approximate surface area is 178 Å². The number of carbonyl (C=O) groups is 1. The summed E-state index contributed by atoms with van der Waals surface area (Å²) in [4.78, 5) is 22.5. The maximum atomic E-state index is 13.4. The van der Waals surface area contributed by atoms with Gasteiger partial charge in [0.2, 0.25) is 11.9 Å². The number of rotatable bonds is 6. The molecule has 1 atom stereocenters. The Morgan fingerprint density at radius 3 is 2.74 bits per heavy atom. The van der Waals surface area contributed by atoms with E-state index in [-0.39, 0.29) is 29.9 Å². The van der Waals surface area contributed by atoms with Gasteiger partial charge >= 0.3 is 7.12 Å². The summed E-state index contributed by atoms with van der Waals surface area (Å²) < 4.78 is 13.4. The van der Waals surface area contributed by atoms with Crippen LogP contribution >= 0.6 is 0 Å². The van der Waals surface area contributed by atoms with Crippen molar-refractivity contribution in [2.75, 3.05) is 10.2 Å². The van der Waals surface area contributed by atoms with E-state index in [1.54, 1.807) is 24.3 Å². The molecule has 3 aromatic rings. The molecule has 10 heteroatoms. The minimum absolute atomic E-state index is 0.0125. The van der Waals surface area contributed by atoms with Crippen molar-refractivity contribution >= 4 is 36.1 Å². The van der Waals surface area contributed by atoms with Crippen molar-refractivity contribution in [1.29, 1.82) is 0 Å². The van der Waals surface area contributed by atoms with Gasteiger partial charge < -0.3 is 26.0 Å². The second-order valence-corrected chi connectivity index (χ2v) is 7.43. The van der Waals surface area contributed by atoms with Gasteiger partial charge in [0.25, 0.3) is 0 Å².